The summed E-state index contributed by atoms with van der Waals surface area (Å²) >= 11 is 0. The molecule has 1 aromatic heterocycles. The SMILES string of the molecule is COc1cccc2c1CC[C@H]1C(CCn3c4c(n(C)c3=O)N=C[N+](=O)C4C)NC[C@@H]21. The molecule has 1 aliphatic carbocycles. The van der Waals surface area contributed by atoms with Gasteiger partial charge in [-0.05, 0) is 59.0 Å². The van der Waals surface area contributed by atoms with E-state index in [0.717, 1.165) is 36.3 Å². The van der Waals surface area contributed by atoms with Crippen molar-refractivity contribution in [2.75, 3.05) is 13.7 Å². The summed E-state index contributed by atoms with van der Waals surface area (Å²) in [6.45, 7) is 3.36. The van der Waals surface area contributed by atoms with Crippen LogP contribution in [0.5, 0.6) is 5.75 Å². The molecule has 1 N–H and O–H groups in total. The van der Waals surface area contributed by atoms with Crippen molar-refractivity contribution in [2.45, 2.75) is 50.7 Å². The molecular formula is C22H28N5O3+. The molecular weight excluding hydrogens is 382 g/mol. The molecule has 0 spiro atoms. The summed E-state index contributed by atoms with van der Waals surface area (Å²) in [6, 6.07) is 6.30. The maximum absolute atomic E-state index is 12.8. The largest absolute Gasteiger partial charge is 0.496 e. The molecule has 1 saturated heterocycles. The molecule has 2 aliphatic heterocycles. The van der Waals surface area contributed by atoms with Crippen LogP contribution in [0.1, 0.15) is 48.5 Å². The van der Waals surface area contributed by atoms with E-state index in [-0.39, 0.29) is 5.69 Å². The minimum atomic E-state index is -0.412. The van der Waals surface area contributed by atoms with Gasteiger partial charge in [0.05, 0.1) is 7.11 Å². The quantitative estimate of drug-likeness (QED) is 0.785. The zero-order valence-electron chi connectivity index (χ0n) is 17.7. The van der Waals surface area contributed by atoms with Crippen molar-refractivity contribution in [2.24, 2.45) is 18.0 Å². The Balaban J connectivity index is 1.38. The first-order valence-electron chi connectivity index (χ1n) is 10.7. The van der Waals surface area contributed by atoms with E-state index >= 15 is 0 Å². The smallest absolute Gasteiger partial charge is 0.331 e. The molecule has 0 radical (unpaired) electrons. The van der Waals surface area contributed by atoms with Gasteiger partial charge >= 0.3 is 12.0 Å². The molecule has 3 heterocycles. The van der Waals surface area contributed by atoms with Gasteiger partial charge in [-0.2, -0.15) is 0 Å². The standard InChI is InChI=1S/C22H28N5O3/c1-13-20-21(24-12-27(13)29)25(2)22(28)26(20)10-9-18-15-7-8-16-14(17(15)11-23-18)5-4-6-19(16)30-3/h4-6,12-13,15,17-18,23H,7-11H2,1-3H3/q+1/t13?,15-,17+,18?/m1/s1. The summed E-state index contributed by atoms with van der Waals surface area (Å²) < 4.78 is 9.68. The molecule has 8 heteroatoms. The molecule has 2 aromatic rings. The van der Waals surface area contributed by atoms with E-state index in [4.69, 9.17) is 4.74 Å². The minimum Gasteiger partial charge on any atom is -0.496 e. The lowest BCUT2D eigenvalue weighted by Crippen LogP contribution is -2.33. The minimum absolute atomic E-state index is 0.104. The summed E-state index contributed by atoms with van der Waals surface area (Å²) in [7, 11) is 3.46. The van der Waals surface area contributed by atoms with E-state index in [1.807, 2.05) is 13.0 Å². The van der Waals surface area contributed by atoms with Crippen LogP contribution in [0.2, 0.25) is 0 Å². The Morgan fingerprint density at radius 1 is 1.37 bits per heavy atom. The number of hydrogen-bond acceptors (Lipinski definition) is 5. The molecule has 8 nitrogen and oxygen atoms in total. The molecule has 5 rings (SSSR count). The predicted octanol–water partition coefficient (Wildman–Crippen LogP) is 2.42. The van der Waals surface area contributed by atoms with Crippen LogP contribution in [0, 0.1) is 10.8 Å². The van der Waals surface area contributed by atoms with Gasteiger partial charge in [0.25, 0.3) is 5.82 Å². The van der Waals surface area contributed by atoms with Gasteiger partial charge in [-0.3, -0.25) is 9.13 Å². The van der Waals surface area contributed by atoms with Crippen molar-refractivity contribution in [3.8, 4) is 5.75 Å². The number of rotatable bonds is 4. The summed E-state index contributed by atoms with van der Waals surface area (Å²) in [6.07, 6.45) is 4.25. The number of ether oxygens (including phenoxy) is 1. The molecule has 1 aromatic carbocycles. The molecule has 4 atom stereocenters. The Morgan fingerprint density at radius 3 is 3.00 bits per heavy atom. The van der Waals surface area contributed by atoms with E-state index in [1.165, 1.54) is 17.5 Å². The van der Waals surface area contributed by atoms with Crippen molar-refractivity contribution < 1.29 is 9.50 Å². The second-order valence-corrected chi connectivity index (χ2v) is 8.62. The molecule has 3 aliphatic rings. The Kier molecular flexibility index (Phi) is 4.61. The van der Waals surface area contributed by atoms with Crippen molar-refractivity contribution in [3.63, 3.8) is 0 Å². The number of aliphatic imine (C=N–C) groups is 1. The number of imidazole rings is 1. The number of nitrogens with zero attached hydrogens (tertiary/aromatic N) is 4. The Hall–Kier alpha value is -2.74. The van der Waals surface area contributed by atoms with Crippen molar-refractivity contribution in [1.29, 1.82) is 0 Å². The van der Waals surface area contributed by atoms with Crippen LogP contribution in [0.3, 0.4) is 0 Å². The summed E-state index contributed by atoms with van der Waals surface area (Å²) in [5.41, 5.74) is 3.36. The van der Waals surface area contributed by atoms with Gasteiger partial charge < -0.3 is 10.1 Å². The summed E-state index contributed by atoms with van der Waals surface area (Å²) in [5.74, 6) is 2.62. The number of benzene rings is 1. The van der Waals surface area contributed by atoms with E-state index in [0.29, 0.717) is 35.9 Å². The zero-order valence-corrected chi connectivity index (χ0v) is 17.7. The zero-order chi connectivity index (χ0) is 21.0. The highest BCUT2D eigenvalue weighted by molar-refractivity contribution is 5.57. The van der Waals surface area contributed by atoms with Crippen LogP contribution in [0.4, 0.5) is 5.82 Å². The Bertz CT molecular complexity index is 1100. The highest BCUT2D eigenvalue weighted by atomic mass is 16.5. The molecule has 158 valence electrons. The first-order chi connectivity index (χ1) is 14.5. The second kappa shape index (κ2) is 7.19. The third kappa shape index (κ3) is 2.77. The maximum Gasteiger partial charge on any atom is 0.331 e. The van der Waals surface area contributed by atoms with Gasteiger partial charge in [0, 0.05) is 32.1 Å². The van der Waals surface area contributed by atoms with Crippen molar-refractivity contribution in [3.05, 3.63) is 50.4 Å². The van der Waals surface area contributed by atoms with Crippen LogP contribution < -0.4 is 15.7 Å². The van der Waals surface area contributed by atoms with Gasteiger partial charge in [0.1, 0.15) is 11.4 Å². The van der Waals surface area contributed by atoms with Crippen LogP contribution in [-0.4, -0.2) is 39.9 Å². The molecule has 0 saturated carbocycles. The van der Waals surface area contributed by atoms with E-state index < -0.39 is 6.04 Å². The average molecular weight is 410 g/mol. The lowest BCUT2D eigenvalue weighted by molar-refractivity contribution is -0.472. The fourth-order valence-electron chi connectivity index (χ4n) is 5.67. The first kappa shape index (κ1) is 19.2. The molecule has 0 bridgehead atoms. The topological polar surface area (TPSA) is 80.6 Å². The van der Waals surface area contributed by atoms with Crippen LogP contribution in [-0.2, 0) is 20.0 Å². The van der Waals surface area contributed by atoms with Gasteiger partial charge in [0.2, 0.25) is 0 Å². The highest BCUT2D eigenvalue weighted by Crippen LogP contribution is 2.44. The van der Waals surface area contributed by atoms with Crippen molar-refractivity contribution in [1.82, 2.24) is 14.5 Å². The summed E-state index contributed by atoms with van der Waals surface area (Å²) in [4.78, 5) is 29.1. The fraction of sp³-hybridized carbons (Fsp3) is 0.545. The second-order valence-electron chi connectivity index (χ2n) is 8.62. The van der Waals surface area contributed by atoms with Crippen LogP contribution in [0.25, 0.3) is 0 Å². The number of aromatic nitrogens is 2. The van der Waals surface area contributed by atoms with E-state index in [1.54, 1.807) is 23.3 Å². The number of methoxy groups -OCH3 is 1. The van der Waals surface area contributed by atoms with Gasteiger partial charge in [-0.1, -0.05) is 17.0 Å². The van der Waals surface area contributed by atoms with E-state index in [9.17, 15) is 9.70 Å². The monoisotopic (exact) mass is 410 g/mol. The number of hydrogen-bond donors (Lipinski definition) is 1. The third-order valence-electron chi connectivity index (χ3n) is 7.24. The first-order valence-corrected chi connectivity index (χ1v) is 10.7. The van der Waals surface area contributed by atoms with E-state index in [2.05, 4.69) is 22.4 Å². The normalized spacial score (nSPS) is 27.0. The third-order valence-corrected chi connectivity index (χ3v) is 7.24. The fourth-order valence-corrected chi connectivity index (χ4v) is 5.67. The number of nitrogens with one attached hydrogen (secondary N) is 1. The van der Waals surface area contributed by atoms with Crippen molar-refractivity contribution >= 4 is 12.2 Å². The maximum atomic E-state index is 12.8. The molecule has 30 heavy (non-hydrogen) atoms. The predicted molar refractivity (Wildman–Crippen MR) is 114 cm³/mol. The molecule has 2 unspecified atom stereocenters. The molecule has 0 amide bonds. The lowest BCUT2D eigenvalue weighted by atomic mass is 9.74. The number of nitroso groups, excluding NO2 is 1. The Morgan fingerprint density at radius 2 is 2.20 bits per heavy atom. The summed E-state index contributed by atoms with van der Waals surface area (Å²) in [5, 5.41) is 3.71. The van der Waals surface area contributed by atoms with Crippen LogP contribution >= 0.6 is 0 Å². The lowest BCUT2D eigenvalue weighted by Gasteiger charge is -2.31. The number of fused-ring (bicyclic) bond motifs is 4. The molecule has 1 fully saturated rings. The Labute approximate surface area is 175 Å². The average Bonchev–Trinajstić information content (AvgIpc) is 3.28. The van der Waals surface area contributed by atoms with Gasteiger partial charge in [-0.25, -0.2) is 4.79 Å². The highest BCUT2D eigenvalue weighted by Gasteiger charge is 2.41. The van der Waals surface area contributed by atoms with Gasteiger partial charge in [-0.15, -0.1) is 0 Å². The van der Waals surface area contributed by atoms with Crippen LogP contribution in [0.15, 0.2) is 28.0 Å². The van der Waals surface area contributed by atoms with Gasteiger partial charge in [0.15, 0.2) is 6.04 Å².